The summed E-state index contributed by atoms with van der Waals surface area (Å²) >= 11 is 0. The molecular weight excluding hydrogens is 196 g/mol. The maximum absolute atomic E-state index is 11.5. The molecule has 0 aliphatic carbocycles. The molecule has 0 aromatic heterocycles. The van der Waals surface area contributed by atoms with Crippen molar-refractivity contribution in [2.45, 2.75) is 19.3 Å². The summed E-state index contributed by atoms with van der Waals surface area (Å²) in [6.45, 7) is 0. The van der Waals surface area contributed by atoms with Crippen LogP contribution in [0.5, 0.6) is 5.75 Å². The van der Waals surface area contributed by atoms with Crippen LogP contribution >= 0.6 is 0 Å². The Labute approximate surface area is 87.2 Å². The Morgan fingerprint density at radius 2 is 1.80 bits per heavy atom. The maximum Gasteiger partial charge on any atom is 0.303 e. The van der Waals surface area contributed by atoms with E-state index in [0.29, 0.717) is 6.42 Å². The highest BCUT2D eigenvalue weighted by atomic mass is 16.4. The third-order valence-corrected chi connectivity index (χ3v) is 2.00. The molecule has 0 fully saturated rings. The lowest BCUT2D eigenvalue weighted by Gasteiger charge is -2.01. The summed E-state index contributed by atoms with van der Waals surface area (Å²) in [5.41, 5.74) is 0.253. The molecule has 15 heavy (non-hydrogen) atoms. The average molecular weight is 208 g/mol. The molecule has 0 atom stereocenters. The Hall–Kier alpha value is -1.84. The number of phenols is 1. The Morgan fingerprint density at radius 1 is 1.13 bits per heavy atom. The number of Topliss-reactive ketones (excluding diaryl/α,β-unsaturated/α-hetero) is 1. The molecule has 0 amide bonds. The maximum atomic E-state index is 11.5. The molecule has 0 saturated carbocycles. The molecular formula is C11H12O4. The zero-order valence-electron chi connectivity index (χ0n) is 8.14. The lowest BCUT2D eigenvalue weighted by Crippen LogP contribution is -2.01. The molecule has 4 nitrogen and oxygen atoms in total. The highest BCUT2D eigenvalue weighted by molar-refractivity contribution is 5.98. The van der Waals surface area contributed by atoms with E-state index in [1.165, 1.54) is 12.1 Å². The summed E-state index contributed by atoms with van der Waals surface area (Å²) in [5, 5.41) is 17.7. The Morgan fingerprint density at radius 3 is 2.40 bits per heavy atom. The van der Waals surface area contributed by atoms with Crippen molar-refractivity contribution in [1.82, 2.24) is 0 Å². The van der Waals surface area contributed by atoms with Crippen molar-refractivity contribution < 1.29 is 19.8 Å². The molecule has 2 N–H and O–H groups in total. The second kappa shape index (κ2) is 5.14. The predicted octanol–water partition coefficient (Wildman–Crippen LogP) is 1.83. The molecule has 0 unspecified atom stereocenters. The minimum absolute atomic E-state index is 0.0284. The SMILES string of the molecule is O=C(O)CCCC(=O)c1ccccc1O. The van der Waals surface area contributed by atoms with Gasteiger partial charge in [0.05, 0.1) is 5.56 Å². The van der Waals surface area contributed by atoms with Gasteiger partial charge in [-0.05, 0) is 18.6 Å². The van der Waals surface area contributed by atoms with Crippen LogP contribution in [-0.2, 0) is 4.79 Å². The number of hydrogen-bond donors (Lipinski definition) is 2. The molecule has 1 rings (SSSR count). The van der Waals surface area contributed by atoms with Crippen LogP contribution in [0.4, 0.5) is 0 Å². The van der Waals surface area contributed by atoms with Gasteiger partial charge in [0.25, 0.3) is 0 Å². The second-order valence-corrected chi connectivity index (χ2v) is 3.19. The molecule has 0 aliphatic rings. The van der Waals surface area contributed by atoms with Crippen molar-refractivity contribution in [3.05, 3.63) is 29.8 Å². The van der Waals surface area contributed by atoms with E-state index in [4.69, 9.17) is 5.11 Å². The number of para-hydroxylation sites is 1. The summed E-state index contributed by atoms with van der Waals surface area (Å²) in [5.74, 6) is -1.20. The molecule has 0 heterocycles. The van der Waals surface area contributed by atoms with Crippen molar-refractivity contribution in [2.75, 3.05) is 0 Å². The van der Waals surface area contributed by atoms with Gasteiger partial charge in [-0.3, -0.25) is 9.59 Å². The summed E-state index contributed by atoms with van der Waals surface area (Å²) < 4.78 is 0. The zero-order chi connectivity index (χ0) is 11.3. The quantitative estimate of drug-likeness (QED) is 0.724. The first-order valence-corrected chi connectivity index (χ1v) is 4.64. The lowest BCUT2D eigenvalue weighted by atomic mass is 10.0. The van der Waals surface area contributed by atoms with E-state index in [9.17, 15) is 14.7 Å². The second-order valence-electron chi connectivity index (χ2n) is 3.19. The van der Waals surface area contributed by atoms with Crippen LogP contribution in [0.1, 0.15) is 29.6 Å². The number of ketones is 1. The van der Waals surface area contributed by atoms with E-state index < -0.39 is 5.97 Å². The first-order chi connectivity index (χ1) is 7.11. The van der Waals surface area contributed by atoms with E-state index in [-0.39, 0.29) is 29.9 Å². The van der Waals surface area contributed by atoms with E-state index in [1.807, 2.05) is 0 Å². The van der Waals surface area contributed by atoms with E-state index in [2.05, 4.69) is 0 Å². The standard InChI is InChI=1S/C11H12O4/c12-9-5-2-1-4-8(9)10(13)6-3-7-11(14)15/h1-2,4-5,12H,3,6-7H2,(H,14,15). The molecule has 0 radical (unpaired) electrons. The number of carboxylic acids is 1. The third kappa shape index (κ3) is 3.42. The van der Waals surface area contributed by atoms with Gasteiger partial charge >= 0.3 is 5.97 Å². The third-order valence-electron chi connectivity index (χ3n) is 2.00. The van der Waals surface area contributed by atoms with Crippen LogP contribution in [0.15, 0.2) is 24.3 Å². The topological polar surface area (TPSA) is 74.6 Å². The predicted molar refractivity (Wildman–Crippen MR) is 53.9 cm³/mol. The van der Waals surface area contributed by atoms with Crippen molar-refractivity contribution in [2.24, 2.45) is 0 Å². The molecule has 0 aliphatic heterocycles. The smallest absolute Gasteiger partial charge is 0.303 e. The summed E-state index contributed by atoms with van der Waals surface area (Å²) in [7, 11) is 0. The number of carbonyl (C=O) groups excluding carboxylic acids is 1. The number of phenolic OH excluding ortho intramolecular Hbond substituents is 1. The van der Waals surface area contributed by atoms with Gasteiger partial charge in [0.15, 0.2) is 5.78 Å². The van der Waals surface area contributed by atoms with Crippen LogP contribution in [0.25, 0.3) is 0 Å². The molecule has 80 valence electrons. The van der Waals surface area contributed by atoms with Crippen molar-refractivity contribution >= 4 is 11.8 Å². The van der Waals surface area contributed by atoms with Gasteiger partial charge in [-0.2, -0.15) is 0 Å². The average Bonchev–Trinajstić information content (AvgIpc) is 2.17. The van der Waals surface area contributed by atoms with Crippen LogP contribution < -0.4 is 0 Å². The molecule has 1 aromatic carbocycles. The van der Waals surface area contributed by atoms with Gasteiger partial charge in [-0.15, -0.1) is 0 Å². The van der Waals surface area contributed by atoms with Crippen LogP contribution in [0.3, 0.4) is 0 Å². The highest BCUT2D eigenvalue weighted by Crippen LogP contribution is 2.18. The van der Waals surface area contributed by atoms with E-state index in [1.54, 1.807) is 12.1 Å². The van der Waals surface area contributed by atoms with Crippen molar-refractivity contribution in [1.29, 1.82) is 0 Å². The minimum Gasteiger partial charge on any atom is -0.507 e. The summed E-state index contributed by atoms with van der Waals surface area (Å²) in [6, 6.07) is 6.25. The fourth-order valence-electron chi connectivity index (χ4n) is 1.24. The highest BCUT2D eigenvalue weighted by Gasteiger charge is 2.10. The molecule has 0 spiro atoms. The Balaban J connectivity index is 2.54. The monoisotopic (exact) mass is 208 g/mol. The van der Waals surface area contributed by atoms with E-state index in [0.717, 1.165) is 0 Å². The lowest BCUT2D eigenvalue weighted by molar-refractivity contribution is -0.137. The molecule has 1 aromatic rings. The number of carbonyl (C=O) groups is 2. The number of carboxylic acid groups (broad SMARTS) is 1. The first kappa shape index (κ1) is 11.2. The van der Waals surface area contributed by atoms with Gasteiger partial charge in [0.2, 0.25) is 0 Å². The largest absolute Gasteiger partial charge is 0.507 e. The minimum atomic E-state index is -0.917. The fourth-order valence-corrected chi connectivity index (χ4v) is 1.24. The Kier molecular flexibility index (Phi) is 3.85. The van der Waals surface area contributed by atoms with Gasteiger partial charge in [-0.25, -0.2) is 0 Å². The van der Waals surface area contributed by atoms with Crippen LogP contribution in [0, 0.1) is 0 Å². The van der Waals surface area contributed by atoms with Gasteiger partial charge in [-0.1, -0.05) is 12.1 Å². The number of aliphatic carboxylic acids is 1. The van der Waals surface area contributed by atoms with Crippen molar-refractivity contribution in [3.8, 4) is 5.75 Å². The summed E-state index contributed by atoms with van der Waals surface area (Å²) in [6.07, 6.45) is 0.408. The van der Waals surface area contributed by atoms with Crippen LogP contribution in [0.2, 0.25) is 0 Å². The molecule has 4 heteroatoms. The van der Waals surface area contributed by atoms with E-state index >= 15 is 0 Å². The fraction of sp³-hybridized carbons (Fsp3) is 0.273. The van der Waals surface area contributed by atoms with Crippen molar-refractivity contribution in [3.63, 3.8) is 0 Å². The first-order valence-electron chi connectivity index (χ1n) is 4.64. The number of hydrogen-bond acceptors (Lipinski definition) is 3. The number of rotatable bonds is 5. The van der Waals surface area contributed by atoms with Gasteiger partial charge in [0.1, 0.15) is 5.75 Å². The Bertz CT molecular complexity index is 371. The molecule has 0 saturated heterocycles. The number of aromatic hydroxyl groups is 1. The number of benzene rings is 1. The van der Waals surface area contributed by atoms with Gasteiger partial charge < -0.3 is 10.2 Å². The zero-order valence-corrected chi connectivity index (χ0v) is 8.14. The molecule has 0 bridgehead atoms. The van der Waals surface area contributed by atoms with Crippen LogP contribution in [-0.4, -0.2) is 22.0 Å². The summed E-state index contributed by atoms with van der Waals surface area (Å²) in [4.78, 5) is 21.7. The van der Waals surface area contributed by atoms with Gasteiger partial charge in [0, 0.05) is 12.8 Å². The normalized spacial score (nSPS) is 9.87.